The molecule has 224 valence electrons. The molecule has 1 aliphatic carbocycles. The molecular formula is C32H38N2O8. The van der Waals surface area contributed by atoms with Crippen LogP contribution in [0, 0.1) is 0 Å². The third-order valence-electron chi connectivity index (χ3n) is 7.13. The highest BCUT2D eigenvalue weighted by Gasteiger charge is 2.32. The van der Waals surface area contributed by atoms with Crippen LogP contribution in [0.25, 0.3) is 11.1 Å². The van der Waals surface area contributed by atoms with E-state index in [2.05, 4.69) is 20.1 Å². The number of hydrogen-bond donors (Lipinski definition) is 2. The van der Waals surface area contributed by atoms with Gasteiger partial charge in [0.25, 0.3) is 0 Å². The number of anilines is 2. The third kappa shape index (κ3) is 9.09. The van der Waals surface area contributed by atoms with Gasteiger partial charge in [0.15, 0.2) is 0 Å². The fourth-order valence-electron chi connectivity index (χ4n) is 4.87. The predicted octanol–water partition coefficient (Wildman–Crippen LogP) is 5.64. The van der Waals surface area contributed by atoms with Gasteiger partial charge in [-0.1, -0.05) is 43.9 Å². The van der Waals surface area contributed by atoms with Gasteiger partial charge >= 0.3 is 11.9 Å². The summed E-state index contributed by atoms with van der Waals surface area (Å²) < 4.78 is 9.24. The van der Waals surface area contributed by atoms with Gasteiger partial charge in [0, 0.05) is 53.7 Å². The first-order chi connectivity index (χ1) is 20.2. The molecule has 1 aliphatic rings. The van der Waals surface area contributed by atoms with Crippen molar-refractivity contribution < 1.29 is 38.2 Å². The summed E-state index contributed by atoms with van der Waals surface area (Å²) >= 11 is 0. The number of hydrogen-bond acceptors (Lipinski definition) is 8. The summed E-state index contributed by atoms with van der Waals surface area (Å²) in [5.41, 5.74) is 2.22. The molecule has 0 aromatic heterocycles. The molecule has 0 bridgehead atoms. The van der Waals surface area contributed by atoms with Crippen LogP contribution in [0.2, 0.25) is 0 Å². The third-order valence-corrected chi connectivity index (χ3v) is 7.13. The minimum absolute atomic E-state index is 0.167. The molecule has 0 spiro atoms. The average molecular weight is 579 g/mol. The van der Waals surface area contributed by atoms with Gasteiger partial charge in [0.2, 0.25) is 23.4 Å². The van der Waals surface area contributed by atoms with Gasteiger partial charge < -0.3 is 20.1 Å². The SMILES string of the molecule is COC(=O)CCCCCCC(=O)Nc1ccc2c(c1)C(=O)C(=O)c1cccc(NC(=O)CCCCCCC(=O)OC)c1-2. The molecular weight excluding hydrogens is 540 g/mol. The van der Waals surface area contributed by atoms with Crippen molar-refractivity contribution in [3.63, 3.8) is 0 Å². The molecule has 0 heterocycles. The van der Waals surface area contributed by atoms with Crippen molar-refractivity contribution in [2.24, 2.45) is 0 Å². The highest BCUT2D eigenvalue weighted by molar-refractivity contribution is 6.53. The quantitative estimate of drug-likeness (QED) is 0.148. The fourth-order valence-corrected chi connectivity index (χ4v) is 4.87. The molecule has 0 saturated carbocycles. The second kappa shape index (κ2) is 16.2. The Morgan fingerprint density at radius 1 is 0.595 bits per heavy atom. The molecule has 3 rings (SSSR count). The molecule has 0 atom stereocenters. The van der Waals surface area contributed by atoms with Gasteiger partial charge in [-0.25, -0.2) is 0 Å². The fraction of sp³-hybridized carbons (Fsp3) is 0.438. The van der Waals surface area contributed by atoms with Crippen LogP contribution < -0.4 is 10.6 Å². The Kier molecular flexibility index (Phi) is 12.4. The summed E-state index contributed by atoms with van der Waals surface area (Å²) in [4.78, 5) is 73.5. The minimum atomic E-state index is -0.672. The van der Waals surface area contributed by atoms with Crippen LogP contribution in [0.15, 0.2) is 36.4 Å². The normalized spacial score (nSPS) is 11.8. The first-order valence-electron chi connectivity index (χ1n) is 14.3. The number of fused-ring (bicyclic) bond motifs is 3. The van der Waals surface area contributed by atoms with E-state index in [1.165, 1.54) is 20.3 Å². The number of esters is 2. The highest BCUT2D eigenvalue weighted by Crippen LogP contribution is 2.40. The molecule has 0 saturated heterocycles. The molecule has 0 radical (unpaired) electrons. The second-order valence-corrected chi connectivity index (χ2v) is 10.2. The average Bonchev–Trinajstić information content (AvgIpc) is 2.99. The molecule has 2 N–H and O–H groups in total. The molecule has 0 aliphatic heterocycles. The molecule has 0 unspecified atom stereocenters. The van der Waals surface area contributed by atoms with Crippen LogP contribution in [0.5, 0.6) is 0 Å². The number of ketones is 2. The summed E-state index contributed by atoms with van der Waals surface area (Å²) in [5.74, 6) is -2.26. The van der Waals surface area contributed by atoms with Crippen molar-refractivity contribution in [2.45, 2.75) is 77.0 Å². The molecule has 2 aromatic rings. The maximum atomic E-state index is 13.0. The van der Waals surface area contributed by atoms with Crippen LogP contribution in [0.4, 0.5) is 11.4 Å². The van der Waals surface area contributed by atoms with E-state index in [9.17, 15) is 28.8 Å². The van der Waals surface area contributed by atoms with E-state index < -0.39 is 11.6 Å². The van der Waals surface area contributed by atoms with Gasteiger partial charge in [-0.05, 0) is 49.4 Å². The van der Waals surface area contributed by atoms with Crippen LogP contribution in [0.1, 0.15) is 97.8 Å². The van der Waals surface area contributed by atoms with E-state index in [0.717, 1.165) is 25.7 Å². The highest BCUT2D eigenvalue weighted by atomic mass is 16.5. The largest absolute Gasteiger partial charge is 0.469 e. The molecule has 2 aromatic carbocycles. The number of ether oxygens (including phenoxy) is 2. The second-order valence-electron chi connectivity index (χ2n) is 10.2. The van der Waals surface area contributed by atoms with Crippen LogP contribution >= 0.6 is 0 Å². The number of rotatable bonds is 16. The Hall–Kier alpha value is -4.34. The van der Waals surface area contributed by atoms with Gasteiger partial charge in [-0.2, -0.15) is 0 Å². The number of nitrogens with one attached hydrogen (secondary N) is 2. The Morgan fingerprint density at radius 3 is 1.69 bits per heavy atom. The van der Waals surface area contributed by atoms with E-state index >= 15 is 0 Å². The van der Waals surface area contributed by atoms with Crippen molar-refractivity contribution in [2.75, 3.05) is 24.9 Å². The zero-order valence-corrected chi connectivity index (χ0v) is 24.2. The summed E-state index contributed by atoms with van der Waals surface area (Å²) in [6.07, 6.45) is 7.19. The lowest BCUT2D eigenvalue weighted by atomic mass is 9.82. The minimum Gasteiger partial charge on any atom is -0.469 e. The zero-order valence-electron chi connectivity index (χ0n) is 24.2. The predicted molar refractivity (Wildman–Crippen MR) is 157 cm³/mol. The molecule has 10 heteroatoms. The number of Topliss-reactive ketones (excluding diaryl/α,β-unsaturated/α-hetero) is 2. The maximum Gasteiger partial charge on any atom is 0.305 e. The lowest BCUT2D eigenvalue weighted by Gasteiger charge is -2.22. The zero-order chi connectivity index (χ0) is 30.5. The summed E-state index contributed by atoms with van der Waals surface area (Å²) in [5, 5.41) is 5.68. The molecule has 0 fully saturated rings. The Labute approximate surface area is 245 Å². The topological polar surface area (TPSA) is 145 Å². The lowest BCUT2D eigenvalue weighted by Crippen LogP contribution is -2.23. The first-order valence-corrected chi connectivity index (χ1v) is 14.3. The first kappa shape index (κ1) is 32.2. The summed E-state index contributed by atoms with van der Waals surface area (Å²) in [6.45, 7) is 0. The van der Waals surface area contributed by atoms with E-state index in [4.69, 9.17) is 0 Å². The summed E-state index contributed by atoms with van der Waals surface area (Å²) in [7, 11) is 2.71. The number of amides is 2. The van der Waals surface area contributed by atoms with Crippen LogP contribution in [-0.4, -0.2) is 49.5 Å². The van der Waals surface area contributed by atoms with Crippen molar-refractivity contribution in [3.05, 3.63) is 47.5 Å². The van der Waals surface area contributed by atoms with E-state index in [0.29, 0.717) is 61.0 Å². The number of unbranched alkanes of at least 4 members (excludes halogenated alkanes) is 6. The van der Waals surface area contributed by atoms with Gasteiger partial charge in [-0.15, -0.1) is 0 Å². The van der Waals surface area contributed by atoms with Gasteiger partial charge in [0.1, 0.15) is 0 Å². The van der Waals surface area contributed by atoms with Gasteiger partial charge in [0.05, 0.1) is 14.2 Å². The number of carbonyl (C=O) groups excluding carboxylic acids is 6. The maximum absolute atomic E-state index is 13.0. The Balaban J connectivity index is 1.60. The standard InChI is InChI=1S/C32H38N2O8/c1-41-28(37)16-9-5-3-7-14-26(35)33-21-18-19-22-24(20-21)32(40)31(39)23-12-11-13-25(30(22)23)34-27(36)15-8-4-6-10-17-29(38)42-2/h11-13,18-20H,3-10,14-17H2,1-2H3,(H,33,35)(H,34,36). The van der Waals surface area contributed by atoms with E-state index in [-0.39, 0.29) is 47.7 Å². The smallest absolute Gasteiger partial charge is 0.305 e. The Morgan fingerprint density at radius 2 is 1.12 bits per heavy atom. The monoisotopic (exact) mass is 578 g/mol. The van der Waals surface area contributed by atoms with Crippen molar-refractivity contribution in [1.82, 2.24) is 0 Å². The Bertz CT molecular complexity index is 1330. The van der Waals surface area contributed by atoms with Crippen molar-refractivity contribution >= 4 is 46.7 Å². The summed E-state index contributed by atoms with van der Waals surface area (Å²) in [6, 6.07) is 9.74. The molecule has 10 nitrogen and oxygen atoms in total. The van der Waals surface area contributed by atoms with Gasteiger partial charge in [-0.3, -0.25) is 28.8 Å². The number of methoxy groups -OCH3 is 2. The van der Waals surface area contributed by atoms with E-state index in [1.54, 1.807) is 30.3 Å². The molecule has 42 heavy (non-hydrogen) atoms. The number of benzene rings is 2. The number of carbonyl (C=O) groups is 6. The molecule has 2 amide bonds. The van der Waals surface area contributed by atoms with Crippen LogP contribution in [0.3, 0.4) is 0 Å². The lowest BCUT2D eigenvalue weighted by molar-refractivity contribution is -0.141. The van der Waals surface area contributed by atoms with Crippen molar-refractivity contribution in [1.29, 1.82) is 0 Å². The van der Waals surface area contributed by atoms with Crippen molar-refractivity contribution in [3.8, 4) is 11.1 Å². The van der Waals surface area contributed by atoms with Crippen LogP contribution in [-0.2, 0) is 28.7 Å². The van der Waals surface area contributed by atoms with E-state index in [1.807, 2.05) is 0 Å².